The summed E-state index contributed by atoms with van der Waals surface area (Å²) < 4.78 is 0. The van der Waals surface area contributed by atoms with E-state index in [1.54, 1.807) is 0 Å². The van der Waals surface area contributed by atoms with Crippen molar-refractivity contribution in [3.63, 3.8) is 0 Å². The summed E-state index contributed by atoms with van der Waals surface area (Å²) in [6, 6.07) is 15.1. The number of hydrogen-bond donors (Lipinski definition) is 1. The summed E-state index contributed by atoms with van der Waals surface area (Å²) in [6.07, 6.45) is 2.23. The van der Waals surface area contributed by atoms with Crippen LogP contribution in [0.25, 0.3) is 0 Å². The van der Waals surface area contributed by atoms with Gasteiger partial charge in [-0.05, 0) is 48.2 Å². The minimum atomic E-state index is 0. The Labute approximate surface area is 148 Å². The van der Waals surface area contributed by atoms with Crippen LogP contribution in [0, 0.1) is 0 Å². The number of halogens is 3. The molecule has 1 aliphatic rings. The van der Waals surface area contributed by atoms with E-state index in [1.165, 1.54) is 16.7 Å². The second-order valence-electron chi connectivity index (χ2n) is 5.60. The topological polar surface area (TPSA) is 12.0 Å². The fourth-order valence-electron chi connectivity index (χ4n) is 3.19. The van der Waals surface area contributed by atoms with Crippen molar-refractivity contribution in [3.8, 4) is 0 Å². The molecule has 0 bridgehead atoms. The standard InChI is InChI=1S/C18H19Cl2N.ClH/c1-2-9-21-18-11-15(13-5-3-4-6-14(13)18)12-7-8-16(19)17(20)10-12;/h3-8,10,15,18,21H,2,9,11H2,1H3;1H. The molecule has 0 saturated carbocycles. The van der Waals surface area contributed by atoms with Gasteiger partial charge in [-0.1, -0.05) is 60.5 Å². The van der Waals surface area contributed by atoms with E-state index >= 15 is 0 Å². The lowest BCUT2D eigenvalue weighted by Gasteiger charge is -2.14. The van der Waals surface area contributed by atoms with Crippen LogP contribution < -0.4 is 5.32 Å². The SMILES string of the molecule is CCCNC1CC(c2ccc(Cl)c(Cl)c2)c2ccccc21.Cl. The molecule has 4 heteroatoms. The molecule has 0 radical (unpaired) electrons. The minimum Gasteiger partial charge on any atom is -0.310 e. The summed E-state index contributed by atoms with van der Waals surface area (Å²) in [7, 11) is 0. The monoisotopic (exact) mass is 355 g/mol. The van der Waals surface area contributed by atoms with E-state index in [2.05, 4.69) is 42.6 Å². The van der Waals surface area contributed by atoms with Crippen LogP contribution in [0.5, 0.6) is 0 Å². The van der Waals surface area contributed by atoms with Crippen molar-refractivity contribution in [2.24, 2.45) is 0 Å². The van der Waals surface area contributed by atoms with Gasteiger partial charge in [-0.25, -0.2) is 0 Å². The van der Waals surface area contributed by atoms with Crippen LogP contribution >= 0.6 is 35.6 Å². The summed E-state index contributed by atoms with van der Waals surface area (Å²) in [5.41, 5.74) is 4.07. The van der Waals surface area contributed by atoms with Gasteiger partial charge >= 0.3 is 0 Å². The van der Waals surface area contributed by atoms with Gasteiger partial charge in [0.25, 0.3) is 0 Å². The zero-order chi connectivity index (χ0) is 14.8. The maximum absolute atomic E-state index is 6.19. The summed E-state index contributed by atoms with van der Waals surface area (Å²) in [5, 5.41) is 4.91. The molecule has 2 unspecified atom stereocenters. The molecule has 0 aromatic heterocycles. The highest BCUT2D eigenvalue weighted by atomic mass is 35.5. The molecule has 118 valence electrons. The summed E-state index contributed by atoms with van der Waals surface area (Å²) in [4.78, 5) is 0. The van der Waals surface area contributed by atoms with Crippen molar-refractivity contribution >= 4 is 35.6 Å². The van der Waals surface area contributed by atoms with Crippen molar-refractivity contribution in [2.75, 3.05) is 6.54 Å². The quantitative estimate of drug-likeness (QED) is 0.709. The number of fused-ring (bicyclic) bond motifs is 1. The predicted octanol–water partition coefficient (Wildman–Crippen LogP) is 5.99. The van der Waals surface area contributed by atoms with Crippen molar-refractivity contribution in [1.29, 1.82) is 0 Å². The molecular formula is C18H20Cl3N. The van der Waals surface area contributed by atoms with Gasteiger partial charge in [-0.3, -0.25) is 0 Å². The molecule has 1 nitrogen and oxygen atoms in total. The van der Waals surface area contributed by atoms with E-state index in [4.69, 9.17) is 23.2 Å². The fourth-order valence-corrected chi connectivity index (χ4v) is 3.50. The van der Waals surface area contributed by atoms with Gasteiger partial charge < -0.3 is 5.32 Å². The minimum absolute atomic E-state index is 0. The second kappa shape index (κ2) is 7.70. The normalized spacial score (nSPS) is 19.6. The van der Waals surface area contributed by atoms with Crippen molar-refractivity contribution in [1.82, 2.24) is 5.32 Å². The van der Waals surface area contributed by atoms with Crippen LogP contribution in [-0.2, 0) is 0 Å². The van der Waals surface area contributed by atoms with Gasteiger partial charge in [0.15, 0.2) is 0 Å². The van der Waals surface area contributed by atoms with Gasteiger partial charge in [-0.15, -0.1) is 12.4 Å². The number of nitrogens with one attached hydrogen (secondary N) is 1. The van der Waals surface area contributed by atoms with E-state index in [0.717, 1.165) is 19.4 Å². The van der Waals surface area contributed by atoms with Gasteiger partial charge in [0.1, 0.15) is 0 Å². The van der Waals surface area contributed by atoms with Crippen LogP contribution in [0.15, 0.2) is 42.5 Å². The first-order valence-electron chi connectivity index (χ1n) is 7.48. The van der Waals surface area contributed by atoms with Gasteiger partial charge in [0, 0.05) is 12.0 Å². The summed E-state index contributed by atoms with van der Waals surface area (Å²) in [6.45, 7) is 3.25. The highest BCUT2D eigenvalue weighted by Crippen LogP contribution is 2.44. The Balaban J connectivity index is 0.00000176. The Morgan fingerprint density at radius 3 is 2.45 bits per heavy atom. The highest BCUT2D eigenvalue weighted by molar-refractivity contribution is 6.42. The molecular weight excluding hydrogens is 337 g/mol. The highest BCUT2D eigenvalue weighted by Gasteiger charge is 2.31. The van der Waals surface area contributed by atoms with Crippen molar-refractivity contribution < 1.29 is 0 Å². The maximum atomic E-state index is 6.19. The third kappa shape index (κ3) is 3.44. The largest absolute Gasteiger partial charge is 0.310 e. The first kappa shape index (κ1) is 17.6. The molecule has 0 spiro atoms. The fraction of sp³-hybridized carbons (Fsp3) is 0.333. The third-order valence-electron chi connectivity index (χ3n) is 4.21. The Bertz CT molecular complexity index is 642. The molecule has 2 aromatic rings. The lowest BCUT2D eigenvalue weighted by molar-refractivity contribution is 0.513. The van der Waals surface area contributed by atoms with E-state index in [0.29, 0.717) is 22.0 Å². The first-order valence-corrected chi connectivity index (χ1v) is 8.23. The zero-order valence-electron chi connectivity index (χ0n) is 12.5. The molecule has 0 saturated heterocycles. The van der Waals surface area contributed by atoms with Crippen molar-refractivity contribution in [2.45, 2.75) is 31.7 Å². The average molecular weight is 357 g/mol. The average Bonchev–Trinajstić information content (AvgIpc) is 2.87. The molecule has 2 aromatic carbocycles. The smallest absolute Gasteiger partial charge is 0.0595 e. The molecule has 0 amide bonds. The predicted molar refractivity (Wildman–Crippen MR) is 97.6 cm³/mol. The Morgan fingerprint density at radius 2 is 1.77 bits per heavy atom. The number of rotatable bonds is 4. The first-order chi connectivity index (χ1) is 10.2. The third-order valence-corrected chi connectivity index (χ3v) is 4.94. The second-order valence-corrected chi connectivity index (χ2v) is 6.41. The van der Waals surface area contributed by atoms with Crippen molar-refractivity contribution in [3.05, 3.63) is 69.2 Å². The van der Waals surface area contributed by atoms with Gasteiger partial charge in [0.05, 0.1) is 10.0 Å². The molecule has 22 heavy (non-hydrogen) atoms. The van der Waals surface area contributed by atoms with E-state index in [1.807, 2.05) is 12.1 Å². The van der Waals surface area contributed by atoms with Crippen LogP contribution in [-0.4, -0.2) is 6.54 Å². The van der Waals surface area contributed by atoms with Gasteiger partial charge in [0.2, 0.25) is 0 Å². The maximum Gasteiger partial charge on any atom is 0.0595 e. The van der Waals surface area contributed by atoms with E-state index < -0.39 is 0 Å². The number of benzene rings is 2. The molecule has 3 rings (SSSR count). The molecule has 0 fully saturated rings. The molecule has 0 aliphatic heterocycles. The lowest BCUT2D eigenvalue weighted by atomic mass is 9.93. The molecule has 0 heterocycles. The van der Waals surface area contributed by atoms with Crippen LogP contribution in [0.1, 0.15) is 48.4 Å². The Hall–Kier alpha value is -0.730. The molecule has 2 atom stereocenters. The summed E-state index contributed by atoms with van der Waals surface area (Å²) >= 11 is 12.2. The Kier molecular flexibility index (Phi) is 6.17. The van der Waals surface area contributed by atoms with E-state index in [-0.39, 0.29) is 12.4 Å². The molecule has 1 aliphatic carbocycles. The van der Waals surface area contributed by atoms with Crippen LogP contribution in [0.2, 0.25) is 10.0 Å². The summed E-state index contributed by atoms with van der Waals surface area (Å²) in [5.74, 6) is 0.394. The van der Waals surface area contributed by atoms with Crippen LogP contribution in [0.4, 0.5) is 0 Å². The van der Waals surface area contributed by atoms with E-state index in [9.17, 15) is 0 Å². The van der Waals surface area contributed by atoms with Gasteiger partial charge in [-0.2, -0.15) is 0 Å². The van der Waals surface area contributed by atoms with Crippen LogP contribution in [0.3, 0.4) is 0 Å². The lowest BCUT2D eigenvalue weighted by Crippen LogP contribution is -2.20. The zero-order valence-corrected chi connectivity index (χ0v) is 14.8. The molecule has 1 N–H and O–H groups in total. The number of hydrogen-bond acceptors (Lipinski definition) is 1. The Morgan fingerprint density at radius 1 is 1.05 bits per heavy atom.